The second kappa shape index (κ2) is 16.1. The number of aliphatic carboxylic acids is 1. The van der Waals surface area contributed by atoms with Crippen LogP contribution in [0.5, 0.6) is 0 Å². The predicted molar refractivity (Wildman–Crippen MR) is 68.7 cm³/mol. The molecule has 2 nitrogen and oxygen atoms in total. The van der Waals surface area contributed by atoms with Crippen molar-refractivity contribution in [1.29, 1.82) is 0 Å². The van der Waals surface area contributed by atoms with Crippen molar-refractivity contribution in [3.05, 3.63) is 0 Å². The molecule has 0 rings (SSSR count). The zero-order valence-corrected chi connectivity index (χ0v) is 13.6. The van der Waals surface area contributed by atoms with Gasteiger partial charge in [0, 0.05) is 26.5 Å². The first-order valence-electron chi connectivity index (χ1n) is 6.99. The summed E-state index contributed by atoms with van der Waals surface area (Å²) in [5.74, 6) is -0.657. The fourth-order valence-corrected chi connectivity index (χ4v) is 1.94. The summed E-state index contributed by atoms with van der Waals surface area (Å²) < 4.78 is 0. The Labute approximate surface area is 120 Å². The molecule has 0 unspecified atom stereocenters. The van der Waals surface area contributed by atoms with Crippen LogP contribution in [0.3, 0.4) is 0 Å². The summed E-state index contributed by atoms with van der Waals surface area (Å²) in [5, 5.41) is 8.46. The van der Waals surface area contributed by atoms with Gasteiger partial charge in [-0.2, -0.15) is 0 Å². The molecule has 0 heterocycles. The molecule has 0 aliphatic heterocycles. The minimum atomic E-state index is -0.657. The van der Waals surface area contributed by atoms with Crippen LogP contribution >= 0.6 is 0 Å². The summed E-state index contributed by atoms with van der Waals surface area (Å²) in [7, 11) is 0. The third-order valence-corrected chi connectivity index (χ3v) is 2.99. The Balaban J connectivity index is 0. The zero-order chi connectivity index (χ0) is 12.1. The first-order valence-corrected chi connectivity index (χ1v) is 6.99. The van der Waals surface area contributed by atoms with Crippen LogP contribution < -0.4 is 0 Å². The van der Waals surface area contributed by atoms with E-state index in [9.17, 15) is 4.79 Å². The van der Waals surface area contributed by atoms with E-state index >= 15 is 0 Å². The number of unbranched alkanes of at least 4 members (excludes halogenated alkanes) is 10. The molecule has 0 atom stereocenters. The average molecular weight is 421 g/mol. The van der Waals surface area contributed by atoms with E-state index in [0.717, 1.165) is 12.8 Å². The number of carbonyl (C=O) groups is 1. The molecule has 105 valence electrons. The first-order chi connectivity index (χ1) is 7.77. The van der Waals surface area contributed by atoms with Crippen molar-refractivity contribution in [1.82, 2.24) is 0 Å². The summed E-state index contributed by atoms with van der Waals surface area (Å²) in [6.07, 6.45) is 14.4. The van der Waals surface area contributed by atoms with Gasteiger partial charge in [0.2, 0.25) is 0 Å². The second-order valence-electron chi connectivity index (χ2n) is 4.68. The van der Waals surface area contributed by atoms with Crippen molar-refractivity contribution >= 4 is 5.97 Å². The van der Waals surface area contributed by atoms with Gasteiger partial charge in [-0.05, 0) is 6.42 Å². The van der Waals surface area contributed by atoms with E-state index in [2.05, 4.69) is 6.92 Å². The van der Waals surface area contributed by atoms with Crippen LogP contribution in [0.2, 0.25) is 0 Å². The number of hydrogen-bond acceptors (Lipinski definition) is 1. The topological polar surface area (TPSA) is 37.3 Å². The van der Waals surface area contributed by atoms with E-state index < -0.39 is 5.97 Å². The molecule has 0 aliphatic carbocycles. The van der Waals surface area contributed by atoms with Gasteiger partial charge in [-0.3, -0.25) is 4.79 Å². The van der Waals surface area contributed by atoms with Crippen LogP contribution in [-0.2, 0) is 24.9 Å². The maximum Gasteiger partial charge on any atom is 0.303 e. The van der Waals surface area contributed by atoms with Gasteiger partial charge in [0.15, 0.2) is 0 Å². The third kappa shape index (κ3) is 18.7. The molecule has 0 saturated carbocycles. The van der Waals surface area contributed by atoms with Gasteiger partial charge >= 0.3 is 5.97 Å². The van der Waals surface area contributed by atoms with Crippen LogP contribution in [0.4, 0.5) is 0 Å². The molecule has 0 amide bonds. The van der Waals surface area contributed by atoms with Crippen LogP contribution in [0.25, 0.3) is 0 Å². The molecule has 1 radical (unpaired) electrons. The number of rotatable bonds is 12. The molecule has 0 spiro atoms. The van der Waals surface area contributed by atoms with Gasteiger partial charge in [-0.1, -0.05) is 71.1 Å². The Hall–Kier alpha value is 0.119. The normalized spacial score (nSPS) is 9.94. The average Bonchev–Trinajstić information content (AvgIpc) is 2.25. The van der Waals surface area contributed by atoms with E-state index in [-0.39, 0.29) is 20.1 Å². The van der Waals surface area contributed by atoms with Crippen molar-refractivity contribution < 1.29 is 30.0 Å². The van der Waals surface area contributed by atoms with Gasteiger partial charge in [0.25, 0.3) is 0 Å². The minimum absolute atomic E-state index is 0. The van der Waals surface area contributed by atoms with E-state index in [0.29, 0.717) is 6.42 Å². The molecule has 0 aromatic carbocycles. The quantitative estimate of drug-likeness (QED) is 0.462. The van der Waals surface area contributed by atoms with Crippen molar-refractivity contribution in [3.63, 3.8) is 0 Å². The first kappa shape index (κ1) is 19.5. The standard InChI is InChI=1S/C14H28O2.Ir/c1-2-3-4-5-6-7-8-9-10-11-12-13-14(15)16;/h2-13H2,1H3,(H,15,16);. The maximum atomic E-state index is 10.3. The molecule has 0 fully saturated rings. The van der Waals surface area contributed by atoms with Crippen molar-refractivity contribution in [2.24, 2.45) is 0 Å². The molecule has 0 bridgehead atoms. The molecule has 3 heteroatoms. The number of carboxylic acid groups (broad SMARTS) is 1. The molecule has 1 N–H and O–H groups in total. The molecule has 0 aromatic rings. The Morgan fingerprint density at radius 2 is 1.12 bits per heavy atom. The molecule has 17 heavy (non-hydrogen) atoms. The second-order valence-corrected chi connectivity index (χ2v) is 4.68. The van der Waals surface area contributed by atoms with E-state index in [1.807, 2.05) is 0 Å². The summed E-state index contributed by atoms with van der Waals surface area (Å²) in [5.41, 5.74) is 0. The van der Waals surface area contributed by atoms with Gasteiger partial charge in [-0.25, -0.2) is 0 Å². The minimum Gasteiger partial charge on any atom is -0.481 e. The number of carboxylic acids is 1. The summed E-state index contributed by atoms with van der Waals surface area (Å²) in [6, 6.07) is 0. The van der Waals surface area contributed by atoms with Crippen molar-refractivity contribution in [2.45, 2.75) is 84.0 Å². The smallest absolute Gasteiger partial charge is 0.303 e. The number of hydrogen-bond donors (Lipinski definition) is 1. The van der Waals surface area contributed by atoms with Gasteiger partial charge in [0.1, 0.15) is 0 Å². The third-order valence-electron chi connectivity index (χ3n) is 2.99. The molecular formula is C14H28IrO2. The van der Waals surface area contributed by atoms with Crippen molar-refractivity contribution in [2.75, 3.05) is 0 Å². The zero-order valence-electron chi connectivity index (χ0n) is 11.2. The largest absolute Gasteiger partial charge is 0.481 e. The molecular weight excluding hydrogens is 392 g/mol. The Morgan fingerprint density at radius 1 is 0.765 bits per heavy atom. The van der Waals surface area contributed by atoms with E-state index in [1.165, 1.54) is 57.8 Å². The van der Waals surface area contributed by atoms with E-state index in [4.69, 9.17) is 5.11 Å². The van der Waals surface area contributed by atoms with Crippen LogP contribution in [0, 0.1) is 0 Å². The SMILES string of the molecule is CCCCCCCCCCCCCC(=O)O.[Ir]. The monoisotopic (exact) mass is 421 g/mol. The van der Waals surface area contributed by atoms with Crippen LogP contribution in [-0.4, -0.2) is 11.1 Å². The Morgan fingerprint density at radius 3 is 1.47 bits per heavy atom. The molecule has 0 saturated heterocycles. The van der Waals surface area contributed by atoms with Gasteiger partial charge in [-0.15, -0.1) is 0 Å². The molecule has 0 aliphatic rings. The fourth-order valence-electron chi connectivity index (χ4n) is 1.94. The summed E-state index contributed by atoms with van der Waals surface area (Å²) in [6.45, 7) is 2.25. The van der Waals surface area contributed by atoms with E-state index in [1.54, 1.807) is 0 Å². The van der Waals surface area contributed by atoms with Crippen molar-refractivity contribution in [3.8, 4) is 0 Å². The van der Waals surface area contributed by atoms with Gasteiger partial charge < -0.3 is 5.11 Å². The molecule has 0 aromatic heterocycles. The fraction of sp³-hybridized carbons (Fsp3) is 0.929. The van der Waals surface area contributed by atoms with Crippen LogP contribution in [0.15, 0.2) is 0 Å². The predicted octanol–water partition coefficient (Wildman–Crippen LogP) is 4.77. The van der Waals surface area contributed by atoms with Gasteiger partial charge in [0.05, 0.1) is 0 Å². The Bertz CT molecular complexity index is 160. The maximum absolute atomic E-state index is 10.3. The Kier molecular flexibility index (Phi) is 18.5. The van der Waals surface area contributed by atoms with Crippen LogP contribution in [0.1, 0.15) is 84.0 Å². The summed E-state index contributed by atoms with van der Waals surface area (Å²) in [4.78, 5) is 10.3. The summed E-state index contributed by atoms with van der Waals surface area (Å²) >= 11 is 0.